The second-order valence-corrected chi connectivity index (χ2v) is 11.7. The van der Waals surface area contributed by atoms with Crippen molar-refractivity contribution in [1.29, 1.82) is 0 Å². The lowest BCUT2D eigenvalue weighted by molar-refractivity contribution is -0.131. The molecule has 8 heteroatoms. The molecule has 3 saturated carbocycles. The summed E-state index contributed by atoms with van der Waals surface area (Å²) in [6, 6.07) is -1.17. The van der Waals surface area contributed by atoms with E-state index in [1.165, 1.54) is 18.6 Å². The first kappa shape index (κ1) is 25.9. The van der Waals surface area contributed by atoms with Crippen LogP contribution in [0.4, 0.5) is 0 Å². The lowest BCUT2D eigenvalue weighted by Gasteiger charge is -2.40. The minimum Gasteiger partial charge on any atom is -0.507 e. The van der Waals surface area contributed by atoms with Crippen molar-refractivity contribution in [3.63, 3.8) is 0 Å². The Labute approximate surface area is 217 Å². The molecule has 5 aliphatic rings. The number of amides is 2. The SMILES string of the molecule is CC[C@H]1C[C@@H]2C[C@@H]3[C@@H]4C/C=C\C(=O)NCCC(O)C5NC(=O)/C(=C(O)\C=C\[C@H]4CC(=O)[C@@H]3[C@@H]2[C@H]1C)C5=O. The van der Waals surface area contributed by atoms with Crippen LogP contribution in [0.3, 0.4) is 0 Å². The normalized spacial score (nSPS) is 46.0. The van der Waals surface area contributed by atoms with Gasteiger partial charge in [-0.3, -0.25) is 19.2 Å². The number of rotatable bonds is 1. The number of Topliss-reactive ketones (excluding diaryl/α,β-unsaturated/α-hetero) is 2. The lowest BCUT2D eigenvalue weighted by atomic mass is 9.63. The largest absolute Gasteiger partial charge is 0.507 e. The highest BCUT2D eigenvalue weighted by molar-refractivity contribution is 6.27. The summed E-state index contributed by atoms with van der Waals surface area (Å²) < 4.78 is 0. The number of nitrogens with one attached hydrogen (secondary N) is 2. The van der Waals surface area contributed by atoms with Crippen LogP contribution in [0.1, 0.15) is 52.4 Å². The van der Waals surface area contributed by atoms with Crippen molar-refractivity contribution in [3.05, 3.63) is 35.6 Å². The monoisotopic (exact) mass is 510 g/mol. The third kappa shape index (κ3) is 4.58. The van der Waals surface area contributed by atoms with E-state index in [2.05, 4.69) is 24.5 Å². The van der Waals surface area contributed by atoms with Crippen LogP contribution in [0.25, 0.3) is 0 Å². The fourth-order valence-corrected chi connectivity index (χ4v) is 8.25. The molecule has 37 heavy (non-hydrogen) atoms. The summed E-state index contributed by atoms with van der Waals surface area (Å²) in [5.41, 5.74) is -0.372. The van der Waals surface area contributed by atoms with E-state index in [-0.39, 0.29) is 53.9 Å². The van der Waals surface area contributed by atoms with E-state index in [9.17, 15) is 29.4 Å². The Bertz CT molecular complexity index is 1080. The summed E-state index contributed by atoms with van der Waals surface area (Å²) >= 11 is 0. The summed E-state index contributed by atoms with van der Waals surface area (Å²) in [4.78, 5) is 51.2. The second kappa shape index (κ2) is 10.2. The standard InChI is InChI=1S/C29H38N2O6/c1-3-15-11-17-12-19-18-5-4-6-23(35)30-10-9-21(33)27-28(36)26(29(37)31-27)20(32)8-7-16(18)13-22(34)25(19)24(17)14(15)2/h4,6-8,14-19,21,24-25,27,32-33H,3,5,9-13H2,1-2H3,(H,30,35)(H,31,37)/b6-4-,8-7+,26-20+/t14-,15-,16-,17+,18+,19+,21?,24+,25+,27?/m0/s1. The summed E-state index contributed by atoms with van der Waals surface area (Å²) in [6.07, 6.45) is 9.70. The molecule has 3 aliphatic carbocycles. The van der Waals surface area contributed by atoms with Crippen molar-refractivity contribution in [2.45, 2.75) is 64.5 Å². The molecule has 2 bridgehead atoms. The molecular formula is C29H38N2O6. The Morgan fingerprint density at radius 2 is 1.86 bits per heavy atom. The zero-order chi connectivity index (χ0) is 26.4. The van der Waals surface area contributed by atoms with Gasteiger partial charge in [0.05, 0.1) is 6.10 Å². The maximum absolute atomic E-state index is 13.5. The highest BCUT2D eigenvalue weighted by Gasteiger charge is 2.58. The quantitative estimate of drug-likeness (QED) is 0.401. The topological polar surface area (TPSA) is 133 Å². The Balaban J connectivity index is 1.47. The average Bonchev–Trinajstić information content (AvgIpc) is 3.48. The van der Waals surface area contributed by atoms with Gasteiger partial charge in [0.1, 0.15) is 23.2 Å². The van der Waals surface area contributed by atoms with Gasteiger partial charge in [-0.2, -0.15) is 0 Å². The van der Waals surface area contributed by atoms with Crippen LogP contribution in [0.2, 0.25) is 0 Å². The van der Waals surface area contributed by atoms with Gasteiger partial charge in [-0.25, -0.2) is 0 Å². The molecule has 200 valence electrons. The van der Waals surface area contributed by atoms with Crippen molar-refractivity contribution in [2.75, 3.05) is 6.54 Å². The summed E-state index contributed by atoms with van der Waals surface area (Å²) in [6.45, 7) is 4.68. The zero-order valence-corrected chi connectivity index (χ0v) is 21.6. The second-order valence-electron chi connectivity index (χ2n) is 11.7. The van der Waals surface area contributed by atoms with Crippen molar-refractivity contribution >= 4 is 23.4 Å². The maximum atomic E-state index is 13.5. The number of hydrogen-bond acceptors (Lipinski definition) is 6. The highest BCUT2D eigenvalue weighted by Crippen LogP contribution is 2.61. The Morgan fingerprint density at radius 1 is 1.08 bits per heavy atom. The molecular weight excluding hydrogens is 472 g/mol. The molecule has 2 amide bonds. The van der Waals surface area contributed by atoms with Crippen molar-refractivity contribution < 1.29 is 29.4 Å². The molecule has 0 spiro atoms. The number of aliphatic hydroxyl groups excluding tert-OH is 2. The molecule has 0 aromatic carbocycles. The molecule has 4 fully saturated rings. The number of allylic oxidation sites excluding steroid dienone is 3. The summed E-state index contributed by atoms with van der Waals surface area (Å²) in [5.74, 6) is 0.507. The van der Waals surface area contributed by atoms with Crippen LogP contribution in [0.5, 0.6) is 0 Å². The first-order valence-electron chi connectivity index (χ1n) is 13.8. The molecule has 8 nitrogen and oxygen atoms in total. The van der Waals surface area contributed by atoms with Crippen LogP contribution in [0.15, 0.2) is 35.6 Å². The van der Waals surface area contributed by atoms with Crippen molar-refractivity contribution in [3.8, 4) is 0 Å². The van der Waals surface area contributed by atoms with Crippen molar-refractivity contribution in [2.24, 2.45) is 47.3 Å². The molecule has 4 N–H and O–H groups in total. The molecule has 5 rings (SSSR count). The third-order valence-electron chi connectivity index (χ3n) is 9.99. The number of hydrogen-bond donors (Lipinski definition) is 4. The molecule has 1 saturated heterocycles. The number of carbonyl (C=O) groups excluding carboxylic acids is 4. The van der Waals surface area contributed by atoms with Gasteiger partial charge < -0.3 is 20.8 Å². The van der Waals surface area contributed by atoms with Crippen molar-refractivity contribution in [1.82, 2.24) is 10.6 Å². The van der Waals surface area contributed by atoms with Gasteiger partial charge in [0.15, 0.2) is 5.78 Å². The van der Waals surface area contributed by atoms with E-state index in [4.69, 9.17) is 0 Å². The van der Waals surface area contributed by atoms with Crippen LogP contribution < -0.4 is 10.6 Å². The first-order valence-corrected chi connectivity index (χ1v) is 13.8. The van der Waals surface area contributed by atoms with E-state index in [0.29, 0.717) is 36.5 Å². The smallest absolute Gasteiger partial charge is 0.259 e. The number of fused-ring (bicyclic) bond motifs is 7. The van der Waals surface area contributed by atoms with E-state index < -0.39 is 29.6 Å². The van der Waals surface area contributed by atoms with Gasteiger partial charge in [-0.1, -0.05) is 32.4 Å². The third-order valence-corrected chi connectivity index (χ3v) is 9.99. The fourth-order valence-electron chi connectivity index (χ4n) is 8.25. The summed E-state index contributed by atoms with van der Waals surface area (Å²) in [7, 11) is 0. The minimum atomic E-state index is -1.20. The highest BCUT2D eigenvalue weighted by atomic mass is 16.3. The van der Waals surface area contributed by atoms with Gasteiger partial charge >= 0.3 is 0 Å². The first-order chi connectivity index (χ1) is 17.7. The Hall–Kier alpha value is -2.74. The lowest BCUT2D eigenvalue weighted by Crippen LogP contribution is -2.42. The Kier molecular flexibility index (Phi) is 7.14. The van der Waals surface area contributed by atoms with Crippen LogP contribution in [0, 0.1) is 47.3 Å². The van der Waals surface area contributed by atoms with E-state index in [1.54, 1.807) is 6.08 Å². The molecule has 0 aromatic heterocycles. The molecule has 2 unspecified atom stereocenters. The summed E-state index contributed by atoms with van der Waals surface area (Å²) in [5, 5.41) is 26.3. The van der Waals surface area contributed by atoms with E-state index >= 15 is 0 Å². The predicted octanol–water partition coefficient (Wildman–Crippen LogP) is 2.39. The Morgan fingerprint density at radius 3 is 2.62 bits per heavy atom. The van der Waals surface area contributed by atoms with E-state index in [0.717, 1.165) is 12.8 Å². The minimum absolute atomic E-state index is 0.0374. The fraction of sp³-hybridized carbons (Fsp3) is 0.655. The van der Waals surface area contributed by atoms with Crippen LogP contribution >= 0.6 is 0 Å². The number of ketones is 2. The average molecular weight is 511 g/mol. The van der Waals surface area contributed by atoms with Gasteiger partial charge in [0.2, 0.25) is 5.91 Å². The number of aliphatic hydroxyl groups is 2. The molecule has 0 radical (unpaired) electrons. The van der Waals surface area contributed by atoms with Gasteiger partial charge in [0.25, 0.3) is 5.91 Å². The molecule has 2 heterocycles. The molecule has 10 atom stereocenters. The van der Waals surface area contributed by atoms with Gasteiger partial charge in [-0.15, -0.1) is 0 Å². The van der Waals surface area contributed by atoms with Crippen LogP contribution in [-0.2, 0) is 19.2 Å². The molecule has 0 aromatic rings. The zero-order valence-electron chi connectivity index (χ0n) is 21.6. The van der Waals surface area contributed by atoms with Crippen LogP contribution in [-0.4, -0.2) is 52.3 Å². The maximum Gasteiger partial charge on any atom is 0.259 e. The van der Waals surface area contributed by atoms with Gasteiger partial charge in [-0.05, 0) is 79.3 Å². The predicted molar refractivity (Wildman–Crippen MR) is 136 cm³/mol. The molecule has 2 aliphatic heterocycles. The van der Waals surface area contributed by atoms with Gasteiger partial charge in [0, 0.05) is 18.9 Å². The number of carbonyl (C=O) groups is 4. The van der Waals surface area contributed by atoms with E-state index in [1.807, 2.05) is 6.08 Å².